The van der Waals surface area contributed by atoms with Crippen LogP contribution in [0.5, 0.6) is 0 Å². The minimum Gasteiger partial charge on any atom is -0.372 e. The van der Waals surface area contributed by atoms with Crippen molar-refractivity contribution in [2.45, 2.75) is 46.4 Å². The highest BCUT2D eigenvalue weighted by Gasteiger charge is 2.25. The summed E-state index contributed by atoms with van der Waals surface area (Å²) in [5.74, 6) is 1.47. The molecule has 1 aliphatic rings. The van der Waals surface area contributed by atoms with Gasteiger partial charge in [0.15, 0.2) is 0 Å². The predicted molar refractivity (Wildman–Crippen MR) is 93.6 cm³/mol. The van der Waals surface area contributed by atoms with Crippen LogP contribution >= 0.6 is 0 Å². The third kappa shape index (κ3) is 4.54. The summed E-state index contributed by atoms with van der Waals surface area (Å²) in [7, 11) is 0. The highest BCUT2D eigenvalue weighted by atomic mass is 16.5. The molecule has 25 heavy (non-hydrogen) atoms. The van der Waals surface area contributed by atoms with Gasteiger partial charge in [0, 0.05) is 31.0 Å². The van der Waals surface area contributed by atoms with E-state index in [-0.39, 0.29) is 24.7 Å². The monoisotopic (exact) mass is 344 g/mol. The van der Waals surface area contributed by atoms with Gasteiger partial charge in [0.05, 0.1) is 24.1 Å². The second kappa shape index (κ2) is 7.18. The molecule has 1 N–H and O–H groups in total. The van der Waals surface area contributed by atoms with Crippen LogP contribution < -0.4 is 5.32 Å². The molecule has 8 nitrogen and oxygen atoms in total. The third-order valence-corrected chi connectivity index (χ3v) is 3.94. The lowest BCUT2D eigenvalue weighted by molar-refractivity contribution is -0.144. The van der Waals surface area contributed by atoms with Crippen molar-refractivity contribution in [2.24, 2.45) is 0 Å². The number of nitrogens with one attached hydrogen (secondary N) is 1. The number of carbonyl (C=O) groups is 1. The van der Waals surface area contributed by atoms with Gasteiger partial charge in [0.1, 0.15) is 18.2 Å². The molecule has 2 atom stereocenters. The number of aromatic nitrogens is 4. The molecule has 0 saturated carbocycles. The molecule has 134 valence electrons. The largest absolute Gasteiger partial charge is 0.372 e. The Bertz CT molecular complexity index is 729. The predicted octanol–water partition coefficient (Wildman–Crippen LogP) is 1.67. The summed E-state index contributed by atoms with van der Waals surface area (Å²) >= 11 is 0. The fourth-order valence-corrected chi connectivity index (χ4v) is 3.06. The van der Waals surface area contributed by atoms with Crippen molar-refractivity contribution in [3.8, 4) is 0 Å². The number of nitrogens with zero attached hydrogens (tertiary/aromatic N) is 5. The first-order valence-corrected chi connectivity index (χ1v) is 8.44. The molecule has 2 aromatic heterocycles. The van der Waals surface area contributed by atoms with Crippen molar-refractivity contribution >= 4 is 17.4 Å². The first kappa shape index (κ1) is 17.3. The number of anilines is 2. The van der Waals surface area contributed by atoms with Crippen molar-refractivity contribution in [1.82, 2.24) is 24.6 Å². The van der Waals surface area contributed by atoms with Crippen LogP contribution in [0.15, 0.2) is 18.5 Å². The Kier molecular flexibility index (Phi) is 4.98. The minimum atomic E-state index is 0.0466. The van der Waals surface area contributed by atoms with Gasteiger partial charge < -0.3 is 15.0 Å². The van der Waals surface area contributed by atoms with E-state index in [9.17, 15) is 4.79 Å². The van der Waals surface area contributed by atoms with Crippen LogP contribution in [0.25, 0.3) is 0 Å². The van der Waals surface area contributed by atoms with Crippen molar-refractivity contribution < 1.29 is 9.53 Å². The average molecular weight is 344 g/mol. The number of aryl methyl sites for hydroxylation is 2. The number of ether oxygens (including phenoxy) is 1. The SMILES string of the molecule is Cc1cc(Nc2cnn(CC(=O)N3C[C@@H](C)O[C@@H](C)C3)c2)nc(C)n1. The Balaban J connectivity index is 1.62. The normalized spacial score (nSPS) is 20.6. The molecule has 1 amide bonds. The average Bonchev–Trinajstić information content (AvgIpc) is 2.92. The lowest BCUT2D eigenvalue weighted by atomic mass is 10.2. The van der Waals surface area contributed by atoms with E-state index in [4.69, 9.17) is 4.74 Å². The smallest absolute Gasteiger partial charge is 0.244 e. The van der Waals surface area contributed by atoms with Gasteiger partial charge >= 0.3 is 0 Å². The maximum Gasteiger partial charge on any atom is 0.244 e. The van der Waals surface area contributed by atoms with E-state index in [2.05, 4.69) is 20.4 Å². The summed E-state index contributed by atoms with van der Waals surface area (Å²) < 4.78 is 7.30. The van der Waals surface area contributed by atoms with E-state index in [1.165, 1.54) is 0 Å². The van der Waals surface area contributed by atoms with E-state index >= 15 is 0 Å². The van der Waals surface area contributed by atoms with Crippen LogP contribution in [0.3, 0.4) is 0 Å². The van der Waals surface area contributed by atoms with Crippen molar-refractivity contribution in [2.75, 3.05) is 18.4 Å². The van der Waals surface area contributed by atoms with Gasteiger partial charge in [-0.15, -0.1) is 0 Å². The Morgan fingerprint density at radius 2 is 2.00 bits per heavy atom. The zero-order valence-electron chi connectivity index (χ0n) is 15.1. The van der Waals surface area contributed by atoms with Crippen LogP contribution in [-0.2, 0) is 16.1 Å². The van der Waals surface area contributed by atoms with E-state index in [1.807, 2.05) is 38.7 Å². The molecule has 3 rings (SSSR count). The molecule has 0 spiro atoms. The summed E-state index contributed by atoms with van der Waals surface area (Å²) in [5.41, 5.74) is 1.68. The number of carbonyl (C=O) groups excluding carboxylic acids is 1. The molecule has 3 heterocycles. The Labute approximate surface area is 147 Å². The van der Waals surface area contributed by atoms with Crippen molar-refractivity contribution in [3.05, 3.63) is 30.0 Å². The summed E-state index contributed by atoms with van der Waals surface area (Å²) in [6, 6.07) is 1.87. The number of morpholine rings is 1. The summed E-state index contributed by atoms with van der Waals surface area (Å²) in [5, 5.41) is 7.46. The van der Waals surface area contributed by atoms with Crippen LogP contribution in [0.1, 0.15) is 25.4 Å². The number of amides is 1. The standard InChI is InChI=1S/C17H24N6O2/c1-11-5-16(20-14(4)19-11)21-15-6-18-23(9-15)10-17(24)22-7-12(2)25-13(3)8-22/h5-6,9,12-13H,7-8,10H2,1-4H3,(H,19,20,21)/t12-,13+. The molecule has 1 aliphatic heterocycles. The first-order valence-electron chi connectivity index (χ1n) is 8.44. The van der Waals surface area contributed by atoms with E-state index in [0.29, 0.717) is 24.7 Å². The molecule has 1 fully saturated rings. The molecular formula is C17H24N6O2. The van der Waals surface area contributed by atoms with E-state index < -0.39 is 0 Å². The van der Waals surface area contributed by atoms with Crippen LogP contribution in [0.4, 0.5) is 11.5 Å². The molecule has 0 aliphatic carbocycles. The first-order chi connectivity index (χ1) is 11.9. The van der Waals surface area contributed by atoms with Crippen LogP contribution in [0, 0.1) is 13.8 Å². The van der Waals surface area contributed by atoms with Gasteiger partial charge in [-0.05, 0) is 27.7 Å². The molecule has 0 aromatic carbocycles. The van der Waals surface area contributed by atoms with Gasteiger partial charge in [0.2, 0.25) is 5.91 Å². The van der Waals surface area contributed by atoms with Crippen LogP contribution in [0.2, 0.25) is 0 Å². The second-order valence-electron chi connectivity index (χ2n) is 6.55. The zero-order chi connectivity index (χ0) is 18.0. The van der Waals surface area contributed by atoms with Crippen molar-refractivity contribution in [3.63, 3.8) is 0 Å². The highest BCUT2D eigenvalue weighted by Crippen LogP contribution is 2.15. The summed E-state index contributed by atoms with van der Waals surface area (Å²) in [4.78, 5) is 22.9. The third-order valence-electron chi connectivity index (χ3n) is 3.94. The van der Waals surface area contributed by atoms with Gasteiger partial charge in [0.25, 0.3) is 0 Å². The topological polar surface area (TPSA) is 85.2 Å². The van der Waals surface area contributed by atoms with Gasteiger partial charge in [-0.1, -0.05) is 0 Å². The maximum atomic E-state index is 12.5. The molecular weight excluding hydrogens is 320 g/mol. The number of rotatable bonds is 4. The van der Waals surface area contributed by atoms with Gasteiger partial charge in [-0.3, -0.25) is 9.48 Å². The van der Waals surface area contributed by atoms with E-state index in [0.717, 1.165) is 11.4 Å². The zero-order valence-corrected chi connectivity index (χ0v) is 15.1. The Morgan fingerprint density at radius 3 is 2.68 bits per heavy atom. The molecule has 8 heteroatoms. The fraction of sp³-hybridized carbons (Fsp3) is 0.529. The Hall–Kier alpha value is -2.48. The second-order valence-corrected chi connectivity index (χ2v) is 6.55. The lowest BCUT2D eigenvalue weighted by Gasteiger charge is -2.35. The molecule has 0 radical (unpaired) electrons. The molecule has 0 bridgehead atoms. The Morgan fingerprint density at radius 1 is 1.28 bits per heavy atom. The fourth-order valence-electron chi connectivity index (χ4n) is 3.06. The van der Waals surface area contributed by atoms with Crippen molar-refractivity contribution in [1.29, 1.82) is 0 Å². The molecule has 0 unspecified atom stereocenters. The van der Waals surface area contributed by atoms with Gasteiger partial charge in [-0.2, -0.15) is 5.10 Å². The number of hydrogen-bond donors (Lipinski definition) is 1. The number of hydrogen-bond acceptors (Lipinski definition) is 6. The molecule has 1 saturated heterocycles. The summed E-state index contributed by atoms with van der Waals surface area (Å²) in [6.07, 6.45) is 3.61. The maximum absolute atomic E-state index is 12.5. The quantitative estimate of drug-likeness (QED) is 0.908. The van der Waals surface area contributed by atoms with Gasteiger partial charge in [-0.25, -0.2) is 9.97 Å². The van der Waals surface area contributed by atoms with Crippen LogP contribution in [-0.4, -0.2) is 55.9 Å². The highest BCUT2D eigenvalue weighted by molar-refractivity contribution is 5.76. The molecule has 2 aromatic rings. The minimum absolute atomic E-state index is 0.0466. The van der Waals surface area contributed by atoms with E-state index in [1.54, 1.807) is 17.1 Å². The summed E-state index contributed by atoms with van der Waals surface area (Å²) in [6.45, 7) is 9.19. The lowest BCUT2D eigenvalue weighted by Crippen LogP contribution is -2.49.